The second kappa shape index (κ2) is 8.08. The van der Waals surface area contributed by atoms with Gasteiger partial charge < -0.3 is 9.84 Å². The maximum Gasteiger partial charge on any atom is 0.0720 e. The minimum absolute atomic E-state index is 0.106. The first-order valence-electron chi connectivity index (χ1n) is 5.78. The van der Waals surface area contributed by atoms with Crippen molar-refractivity contribution in [1.82, 2.24) is 0 Å². The Bertz CT molecular complexity index is 293. The van der Waals surface area contributed by atoms with Gasteiger partial charge in [0.05, 0.1) is 19.3 Å². The van der Waals surface area contributed by atoms with Gasteiger partial charge >= 0.3 is 0 Å². The summed E-state index contributed by atoms with van der Waals surface area (Å²) >= 11 is 0. The van der Waals surface area contributed by atoms with Crippen LogP contribution in [0.4, 0.5) is 0 Å². The highest BCUT2D eigenvalue weighted by molar-refractivity contribution is 5.13. The van der Waals surface area contributed by atoms with Gasteiger partial charge in [0.2, 0.25) is 0 Å². The minimum atomic E-state index is 0.106. The molecule has 0 amide bonds. The lowest BCUT2D eigenvalue weighted by atomic mass is 10.2. The van der Waals surface area contributed by atoms with E-state index in [4.69, 9.17) is 9.84 Å². The van der Waals surface area contributed by atoms with E-state index < -0.39 is 0 Å². The normalized spacial score (nSPS) is 13.1. The fourth-order valence-electron chi connectivity index (χ4n) is 1.46. The highest BCUT2D eigenvalue weighted by Crippen LogP contribution is 2.09. The predicted octanol–water partition coefficient (Wildman–Crippen LogP) is 2.92. The number of hydrogen-bond donors (Lipinski definition) is 1. The van der Waals surface area contributed by atoms with E-state index in [-0.39, 0.29) is 12.7 Å². The van der Waals surface area contributed by atoms with Gasteiger partial charge in [0.25, 0.3) is 0 Å². The number of rotatable bonds is 7. The number of hydrogen-bond acceptors (Lipinski definition) is 2. The standard InChI is InChI=1S/C14H20O2/c1-2-14(10-6-7-11-15)16-12-13-8-4-3-5-9-13/h3-9,14-15H,2,10-12H2,1H3/b7-6+. The molecule has 1 aromatic carbocycles. The van der Waals surface area contributed by atoms with E-state index in [0.717, 1.165) is 12.8 Å². The van der Waals surface area contributed by atoms with Gasteiger partial charge in [0.1, 0.15) is 0 Å². The van der Waals surface area contributed by atoms with E-state index in [1.54, 1.807) is 6.08 Å². The van der Waals surface area contributed by atoms with Gasteiger partial charge in [-0.1, -0.05) is 49.4 Å². The molecule has 0 heterocycles. The molecule has 0 radical (unpaired) electrons. The molecule has 0 aliphatic heterocycles. The number of aliphatic hydroxyl groups is 1. The van der Waals surface area contributed by atoms with Crippen molar-refractivity contribution in [3.63, 3.8) is 0 Å². The van der Waals surface area contributed by atoms with Gasteiger partial charge in [-0.15, -0.1) is 0 Å². The third-order valence-electron chi connectivity index (χ3n) is 2.45. The summed E-state index contributed by atoms with van der Waals surface area (Å²) in [5.41, 5.74) is 1.20. The molecule has 1 atom stereocenters. The van der Waals surface area contributed by atoms with E-state index >= 15 is 0 Å². The van der Waals surface area contributed by atoms with Crippen molar-refractivity contribution >= 4 is 0 Å². The Morgan fingerprint density at radius 3 is 2.62 bits per heavy atom. The quantitative estimate of drug-likeness (QED) is 0.716. The molecule has 0 bridgehead atoms. The summed E-state index contributed by atoms with van der Waals surface area (Å²) in [6.07, 6.45) is 5.82. The average molecular weight is 220 g/mol. The molecule has 0 fully saturated rings. The Labute approximate surface area is 97.6 Å². The number of benzene rings is 1. The van der Waals surface area contributed by atoms with Crippen LogP contribution in [0.15, 0.2) is 42.5 Å². The minimum Gasteiger partial charge on any atom is -0.392 e. The monoisotopic (exact) mass is 220 g/mol. The van der Waals surface area contributed by atoms with E-state index in [9.17, 15) is 0 Å². The molecule has 1 aromatic rings. The molecule has 1 unspecified atom stereocenters. The van der Waals surface area contributed by atoms with Crippen LogP contribution in [-0.2, 0) is 11.3 Å². The second-order valence-corrected chi connectivity index (χ2v) is 3.72. The zero-order valence-electron chi connectivity index (χ0n) is 9.80. The van der Waals surface area contributed by atoms with Gasteiger partial charge in [-0.3, -0.25) is 0 Å². The predicted molar refractivity (Wildman–Crippen MR) is 66.2 cm³/mol. The van der Waals surface area contributed by atoms with Crippen LogP contribution in [0.2, 0.25) is 0 Å². The first-order chi connectivity index (χ1) is 7.86. The van der Waals surface area contributed by atoms with E-state index in [2.05, 4.69) is 19.1 Å². The first kappa shape index (κ1) is 12.9. The van der Waals surface area contributed by atoms with Gasteiger partial charge in [-0.2, -0.15) is 0 Å². The molecule has 88 valence electrons. The van der Waals surface area contributed by atoms with Gasteiger partial charge in [0.15, 0.2) is 0 Å². The lowest BCUT2D eigenvalue weighted by Crippen LogP contribution is -2.10. The summed E-state index contributed by atoms with van der Waals surface area (Å²) < 4.78 is 5.79. The Morgan fingerprint density at radius 2 is 2.00 bits per heavy atom. The topological polar surface area (TPSA) is 29.5 Å². The van der Waals surface area contributed by atoms with Crippen LogP contribution in [-0.4, -0.2) is 17.8 Å². The molecule has 1 rings (SSSR count). The summed E-state index contributed by atoms with van der Waals surface area (Å²) in [4.78, 5) is 0. The van der Waals surface area contributed by atoms with Crippen LogP contribution >= 0.6 is 0 Å². The Morgan fingerprint density at radius 1 is 1.25 bits per heavy atom. The first-order valence-corrected chi connectivity index (χ1v) is 5.78. The Kier molecular flexibility index (Phi) is 6.54. The molecule has 2 heteroatoms. The van der Waals surface area contributed by atoms with E-state index in [1.807, 2.05) is 24.3 Å². The largest absolute Gasteiger partial charge is 0.392 e. The van der Waals surface area contributed by atoms with E-state index in [1.165, 1.54) is 5.56 Å². The summed E-state index contributed by atoms with van der Waals surface area (Å²) in [5.74, 6) is 0. The summed E-state index contributed by atoms with van der Waals surface area (Å²) in [7, 11) is 0. The van der Waals surface area contributed by atoms with E-state index in [0.29, 0.717) is 6.61 Å². The molecule has 2 nitrogen and oxygen atoms in total. The highest BCUT2D eigenvalue weighted by atomic mass is 16.5. The lowest BCUT2D eigenvalue weighted by Gasteiger charge is -2.14. The maximum atomic E-state index is 8.63. The molecule has 0 aromatic heterocycles. The molecule has 0 aliphatic rings. The fourth-order valence-corrected chi connectivity index (χ4v) is 1.46. The Balaban J connectivity index is 2.31. The van der Waals surface area contributed by atoms with Crippen LogP contribution in [0.1, 0.15) is 25.3 Å². The highest BCUT2D eigenvalue weighted by Gasteiger charge is 2.04. The number of aliphatic hydroxyl groups excluding tert-OH is 1. The van der Waals surface area contributed by atoms with Crippen LogP contribution in [0.25, 0.3) is 0 Å². The Hall–Kier alpha value is -1.12. The molecular formula is C14H20O2. The van der Waals surface area contributed by atoms with Crippen molar-refractivity contribution in [3.8, 4) is 0 Å². The van der Waals surface area contributed by atoms with Crippen molar-refractivity contribution in [2.75, 3.05) is 6.61 Å². The molecule has 0 saturated heterocycles. The van der Waals surface area contributed by atoms with Gasteiger partial charge in [-0.05, 0) is 18.4 Å². The van der Waals surface area contributed by atoms with Crippen LogP contribution in [0.3, 0.4) is 0 Å². The summed E-state index contributed by atoms with van der Waals surface area (Å²) in [6, 6.07) is 10.2. The molecule has 0 aliphatic carbocycles. The van der Waals surface area contributed by atoms with Gasteiger partial charge in [-0.25, -0.2) is 0 Å². The van der Waals surface area contributed by atoms with Crippen molar-refractivity contribution in [2.24, 2.45) is 0 Å². The number of ether oxygens (including phenoxy) is 1. The lowest BCUT2D eigenvalue weighted by molar-refractivity contribution is 0.0402. The average Bonchev–Trinajstić information content (AvgIpc) is 2.35. The molecule has 0 spiro atoms. The third kappa shape index (κ3) is 5.10. The third-order valence-corrected chi connectivity index (χ3v) is 2.45. The molecule has 1 N–H and O–H groups in total. The molecule has 0 saturated carbocycles. The van der Waals surface area contributed by atoms with Crippen LogP contribution in [0.5, 0.6) is 0 Å². The van der Waals surface area contributed by atoms with Crippen LogP contribution in [0, 0.1) is 0 Å². The van der Waals surface area contributed by atoms with Crippen molar-refractivity contribution in [1.29, 1.82) is 0 Å². The van der Waals surface area contributed by atoms with Crippen molar-refractivity contribution in [2.45, 2.75) is 32.5 Å². The SMILES string of the molecule is CCC(C/C=C/CO)OCc1ccccc1. The zero-order valence-corrected chi connectivity index (χ0v) is 9.80. The smallest absolute Gasteiger partial charge is 0.0720 e. The van der Waals surface area contributed by atoms with Crippen LogP contribution < -0.4 is 0 Å². The van der Waals surface area contributed by atoms with Crippen molar-refractivity contribution in [3.05, 3.63) is 48.0 Å². The summed E-state index contributed by atoms with van der Waals surface area (Å²) in [5, 5.41) is 8.63. The van der Waals surface area contributed by atoms with Crippen molar-refractivity contribution < 1.29 is 9.84 Å². The summed E-state index contributed by atoms with van der Waals surface area (Å²) in [6.45, 7) is 2.88. The van der Waals surface area contributed by atoms with Gasteiger partial charge in [0, 0.05) is 0 Å². The second-order valence-electron chi connectivity index (χ2n) is 3.72. The zero-order chi connectivity index (χ0) is 11.6. The molecule has 16 heavy (non-hydrogen) atoms. The maximum absolute atomic E-state index is 8.63. The molecular weight excluding hydrogens is 200 g/mol. The fraction of sp³-hybridized carbons (Fsp3) is 0.429.